The second-order valence-corrected chi connectivity index (χ2v) is 7.99. The first-order chi connectivity index (χ1) is 15.2. The van der Waals surface area contributed by atoms with Crippen molar-refractivity contribution in [1.82, 2.24) is 19.7 Å². The molecule has 2 heterocycles. The van der Waals surface area contributed by atoms with Gasteiger partial charge in [-0.05, 0) is 43.3 Å². The summed E-state index contributed by atoms with van der Waals surface area (Å²) < 4.78 is 7.47. The Labute approximate surface area is 182 Å². The Morgan fingerprint density at radius 3 is 2.45 bits per heavy atom. The van der Waals surface area contributed by atoms with E-state index in [1.54, 1.807) is 10.6 Å². The van der Waals surface area contributed by atoms with Crippen LogP contribution in [-0.2, 0) is 5.75 Å². The second kappa shape index (κ2) is 8.20. The van der Waals surface area contributed by atoms with Crippen molar-refractivity contribution in [2.75, 3.05) is 0 Å². The lowest BCUT2D eigenvalue weighted by molar-refractivity contribution is 0.528. The number of rotatable bonds is 5. The van der Waals surface area contributed by atoms with Crippen molar-refractivity contribution in [3.8, 4) is 17.1 Å². The lowest BCUT2D eigenvalue weighted by Crippen LogP contribution is -2.21. The third-order valence-electron chi connectivity index (χ3n) is 4.85. The molecule has 152 valence electrons. The zero-order valence-electron chi connectivity index (χ0n) is 16.7. The van der Waals surface area contributed by atoms with Crippen LogP contribution in [0.25, 0.3) is 28.0 Å². The Hall–Kier alpha value is -3.71. The Kier molecular flexibility index (Phi) is 5.09. The van der Waals surface area contributed by atoms with Crippen molar-refractivity contribution in [2.45, 2.75) is 17.8 Å². The summed E-state index contributed by atoms with van der Waals surface area (Å²) in [6.45, 7) is 2.03. The number of fused-ring (bicyclic) bond motifs is 1. The topological polar surface area (TPSA) is 73.8 Å². The number of benzene rings is 3. The summed E-state index contributed by atoms with van der Waals surface area (Å²) in [5.41, 5.74) is 3.36. The van der Waals surface area contributed by atoms with Crippen LogP contribution in [0.15, 0.2) is 93.2 Å². The number of nitrogens with zero attached hydrogens (tertiary/aromatic N) is 4. The van der Waals surface area contributed by atoms with Gasteiger partial charge in [-0.15, -0.1) is 10.2 Å². The van der Waals surface area contributed by atoms with E-state index in [0.29, 0.717) is 33.6 Å². The van der Waals surface area contributed by atoms with Crippen molar-refractivity contribution in [2.24, 2.45) is 0 Å². The van der Waals surface area contributed by atoms with Crippen LogP contribution in [0.2, 0.25) is 0 Å². The number of para-hydroxylation sites is 2. The van der Waals surface area contributed by atoms with Gasteiger partial charge in [0.1, 0.15) is 0 Å². The maximum Gasteiger partial charge on any atom is 0.266 e. The van der Waals surface area contributed by atoms with Crippen LogP contribution < -0.4 is 5.56 Å². The summed E-state index contributed by atoms with van der Waals surface area (Å²) in [6.07, 6.45) is 0. The number of hydrogen-bond acceptors (Lipinski definition) is 6. The maximum atomic E-state index is 13.2. The number of hydrogen-bond donors (Lipinski definition) is 0. The van der Waals surface area contributed by atoms with Gasteiger partial charge in [0, 0.05) is 5.56 Å². The van der Waals surface area contributed by atoms with Crippen LogP contribution in [0.4, 0.5) is 0 Å². The predicted molar refractivity (Wildman–Crippen MR) is 121 cm³/mol. The minimum atomic E-state index is -0.106. The highest BCUT2D eigenvalue weighted by atomic mass is 32.2. The van der Waals surface area contributed by atoms with Gasteiger partial charge in [-0.1, -0.05) is 59.8 Å². The second-order valence-electron chi connectivity index (χ2n) is 7.04. The van der Waals surface area contributed by atoms with E-state index in [4.69, 9.17) is 9.40 Å². The van der Waals surface area contributed by atoms with Crippen LogP contribution in [0.1, 0.15) is 11.5 Å². The van der Waals surface area contributed by atoms with Gasteiger partial charge < -0.3 is 4.42 Å². The molecule has 0 aliphatic carbocycles. The molecule has 0 saturated carbocycles. The molecule has 0 N–H and O–H groups in total. The molecule has 0 amide bonds. The Balaban J connectivity index is 1.49. The summed E-state index contributed by atoms with van der Waals surface area (Å²) in [5, 5.41) is 9.47. The minimum Gasteiger partial charge on any atom is -0.420 e. The van der Waals surface area contributed by atoms with Gasteiger partial charge in [-0.2, -0.15) is 0 Å². The van der Waals surface area contributed by atoms with E-state index < -0.39 is 0 Å². The molecule has 0 saturated heterocycles. The summed E-state index contributed by atoms with van der Waals surface area (Å²) in [6, 6.07) is 24.8. The fourth-order valence-corrected chi connectivity index (χ4v) is 4.11. The number of aryl methyl sites for hydroxylation is 1. The zero-order chi connectivity index (χ0) is 21.2. The molecule has 5 rings (SSSR count). The summed E-state index contributed by atoms with van der Waals surface area (Å²) in [5.74, 6) is 1.35. The summed E-state index contributed by atoms with van der Waals surface area (Å²) in [4.78, 5) is 18.0. The first-order valence-electron chi connectivity index (χ1n) is 9.78. The molecule has 0 fully saturated rings. The SMILES string of the molecule is Cc1ccc(-c2nnc(CSc3nc4ccccc4c(=O)n3-c3ccccc3)o2)cc1. The minimum absolute atomic E-state index is 0.106. The molecule has 31 heavy (non-hydrogen) atoms. The van der Waals surface area contributed by atoms with Crippen LogP contribution in [0, 0.1) is 6.92 Å². The molecule has 0 bridgehead atoms. The van der Waals surface area contributed by atoms with Gasteiger partial charge in [0.2, 0.25) is 11.8 Å². The van der Waals surface area contributed by atoms with Gasteiger partial charge in [-0.3, -0.25) is 9.36 Å². The van der Waals surface area contributed by atoms with Crippen LogP contribution >= 0.6 is 11.8 Å². The predicted octanol–water partition coefficient (Wildman–Crippen LogP) is 5.04. The molecule has 0 aliphatic rings. The monoisotopic (exact) mass is 426 g/mol. The molecule has 6 nitrogen and oxygen atoms in total. The number of aromatic nitrogens is 4. The largest absolute Gasteiger partial charge is 0.420 e. The van der Waals surface area contributed by atoms with Gasteiger partial charge >= 0.3 is 0 Å². The van der Waals surface area contributed by atoms with E-state index in [-0.39, 0.29) is 5.56 Å². The zero-order valence-corrected chi connectivity index (χ0v) is 17.5. The van der Waals surface area contributed by atoms with Crippen LogP contribution in [0.5, 0.6) is 0 Å². The Bertz CT molecular complexity index is 1410. The van der Waals surface area contributed by atoms with E-state index in [1.165, 1.54) is 17.3 Å². The average molecular weight is 427 g/mol. The molecule has 0 unspecified atom stereocenters. The highest BCUT2D eigenvalue weighted by Gasteiger charge is 2.15. The molecular weight excluding hydrogens is 408 g/mol. The van der Waals surface area contributed by atoms with Crippen molar-refractivity contribution in [3.63, 3.8) is 0 Å². The molecule has 0 spiro atoms. The van der Waals surface area contributed by atoms with E-state index in [2.05, 4.69) is 10.2 Å². The lowest BCUT2D eigenvalue weighted by atomic mass is 10.1. The molecular formula is C24H18N4O2S. The molecule has 7 heteroatoms. The molecule has 0 atom stereocenters. The van der Waals surface area contributed by atoms with Gasteiger partial charge in [0.25, 0.3) is 5.56 Å². The normalized spacial score (nSPS) is 11.1. The number of thioether (sulfide) groups is 1. The van der Waals surface area contributed by atoms with E-state index in [9.17, 15) is 4.79 Å². The fourth-order valence-electron chi connectivity index (χ4n) is 3.26. The molecule has 3 aromatic carbocycles. The first-order valence-corrected chi connectivity index (χ1v) is 10.8. The third kappa shape index (κ3) is 3.87. The van der Waals surface area contributed by atoms with Crippen molar-refractivity contribution >= 4 is 22.7 Å². The van der Waals surface area contributed by atoms with Crippen LogP contribution in [0.3, 0.4) is 0 Å². The average Bonchev–Trinajstić information content (AvgIpc) is 3.28. The van der Waals surface area contributed by atoms with Crippen LogP contribution in [-0.4, -0.2) is 19.7 Å². The van der Waals surface area contributed by atoms with E-state index >= 15 is 0 Å². The molecule has 2 aromatic heterocycles. The maximum absolute atomic E-state index is 13.2. The Morgan fingerprint density at radius 1 is 0.903 bits per heavy atom. The lowest BCUT2D eigenvalue weighted by Gasteiger charge is -2.12. The highest BCUT2D eigenvalue weighted by molar-refractivity contribution is 7.98. The van der Waals surface area contributed by atoms with Crippen molar-refractivity contribution in [3.05, 3.63) is 101 Å². The van der Waals surface area contributed by atoms with Crippen molar-refractivity contribution in [1.29, 1.82) is 0 Å². The van der Waals surface area contributed by atoms with Gasteiger partial charge in [-0.25, -0.2) is 4.98 Å². The van der Waals surface area contributed by atoms with Crippen molar-refractivity contribution < 1.29 is 4.42 Å². The first kappa shape index (κ1) is 19.3. The molecule has 0 radical (unpaired) electrons. The third-order valence-corrected chi connectivity index (χ3v) is 5.77. The van der Waals surface area contributed by atoms with Gasteiger partial charge in [0.15, 0.2) is 5.16 Å². The quantitative estimate of drug-likeness (QED) is 0.290. The van der Waals surface area contributed by atoms with E-state index in [1.807, 2.05) is 79.7 Å². The molecule has 5 aromatic rings. The Morgan fingerprint density at radius 2 is 1.65 bits per heavy atom. The summed E-state index contributed by atoms with van der Waals surface area (Å²) in [7, 11) is 0. The molecule has 0 aliphatic heterocycles. The van der Waals surface area contributed by atoms with Gasteiger partial charge in [0.05, 0.1) is 22.3 Å². The highest BCUT2D eigenvalue weighted by Crippen LogP contribution is 2.26. The fraction of sp³-hybridized carbons (Fsp3) is 0.0833. The smallest absolute Gasteiger partial charge is 0.266 e. The van der Waals surface area contributed by atoms with E-state index in [0.717, 1.165) is 11.3 Å². The summed E-state index contributed by atoms with van der Waals surface area (Å²) >= 11 is 1.39. The standard InChI is InChI=1S/C24H18N4O2S/c1-16-11-13-17(14-12-16)22-27-26-21(30-22)15-31-24-25-20-10-6-5-9-19(20)23(29)28(24)18-7-3-2-4-8-18/h2-14H,15H2,1H3.